The molecule has 0 fully saturated rings. The van der Waals surface area contributed by atoms with Gasteiger partial charge in [-0.1, -0.05) is 0 Å². The van der Waals surface area contributed by atoms with Gasteiger partial charge in [0.25, 0.3) is 5.91 Å². The maximum absolute atomic E-state index is 12.2. The highest BCUT2D eigenvalue weighted by atomic mass is 16.1. The predicted octanol–water partition coefficient (Wildman–Crippen LogP) is 1.85. The standard InChI is InChI=1S/C15H19N5O/c1-4-16-14-8-12(7-10(2)19-14)15(21)18-9-13-5-6-17-11(3)20-13/h5-8H,4,9H2,1-3H3,(H,16,19)(H,18,21). The maximum Gasteiger partial charge on any atom is 0.251 e. The highest BCUT2D eigenvalue weighted by Gasteiger charge is 2.08. The molecule has 0 bridgehead atoms. The summed E-state index contributed by atoms with van der Waals surface area (Å²) in [4.78, 5) is 24.8. The average Bonchev–Trinajstić information content (AvgIpc) is 2.44. The van der Waals surface area contributed by atoms with Crippen LogP contribution in [0.4, 0.5) is 5.82 Å². The number of nitrogens with zero attached hydrogens (tertiary/aromatic N) is 3. The molecule has 0 saturated heterocycles. The van der Waals surface area contributed by atoms with Crippen LogP contribution in [0, 0.1) is 13.8 Å². The van der Waals surface area contributed by atoms with Crippen molar-refractivity contribution in [3.8, 4) is 0 Å². The topological polar surface area (TPSA) is 79.8 Å². The molecule has 2 aromatic heterocycles. The third-order valence-electron chi connectivity index (χ3n) is 2.84. The van der Waals surface area contributed by atoms with Gasteiger partial charge >= 0.3 is 0 Å². The third kappa shape index (κ3) is 4.24. The molecule has 0 aliphatic rings. The fourth-order valence-electron chi connectivity index (χ4n) is 1.95. The summed E-state index contributed by atoms with van der Waals surface area (Å²) < 4.78 is 0. The van der Waals surface area contributed by atoms with Gasteiger partial charge in [-0.25, -0.2) is 15.0 Å². The van der Waals surface area contributed by atoms with E-state index in [1.54, 1.807) is 24.4 Å². The number of aryl methyl sites for hydroxylation is 2. The zero-order valence-electron chi connectivity index (χ0n) is 12.5. The van der Waals surface area contributed by atoms with Crippen LogP contribution in [0.1, 0.15) is 34.5 Å². The highest BCUT2D eigenvalue weighted by molar-refractivity contribution is 5.94. The first-order valence-electron chi connectivity index (χ1n) is 6.87. The summed E-state index contributed by atoms with van der Waals surface area (Å²) >= 11 is 0. The van der Waals surface area contributed by atoms with Crippen molar-refractivity contribution in [3.63, 3.8) is 0 Å². The van der Waals surface area contributed by atoms with Crippen LogP contribution in [-0.2, 0) is 6.54 Å². The Labute approximate surface area is 124 Å². The van der Waals surface area contributed by atoms with Crippen molar-refractivity contribution >= 4 is 11.7 Å². The zero-order valence-corrected chi connectivity index (χ0v) is 12.5. The molecule has 0 aliphatic heterocycles. The summed E-state index contributed by atoms with van der Waals surface area (Å²) in [6, 6.07) is 5.30. The molecule has 0 radical (unpaired) electrons. The first-order valence-corrected chi connectivity index (χ1v) is 6.87. The Hall–Kier alpha value is -2.50. The predicted molar refractivity (Wildman–Crippen MR) is 81.1 cm³/mol. The van der Waals surface area contributed by atoms with E-state index in [0.29, 0.717) is 23.8 Å². The van der Waals surface area contributed by atoms with Crippen LogP contribution in [0.3, 0.4) is 0 Å². The lowest BCUT2D eigenvalue weighted by atomic mass is 10.2. The van der Waals surface area contributed by atoms with Gasteiger partial charge in [0.1, 0.15) is 11.6 Å². The SMILES string of the molecule is CCNc1cc(C(=O)NCc2ccnc(C)n2)cc(C)n1. The number of hydrogen-bond donors (Lipinski definition) is 2. The Morgan fingerprint density at radius 1 is 1.24 bits per heavy atom. The molecule has 1 amide bonds. The van der Waals surface area contributed by atoms with Crippen LogP contribution >= 0.6 is 0 Å². The third-order valence-corrected chi connectivity index (χ3v) is 2.84. The van der Waals surface area contributed by atoms with E-state index in [0.717, 1.165) is 17.9 Å². The molecule has 0 saturated carbocycles. The first-order chi connectivity index (χ1) is 10.1. The quantitative estimate of drug-likeness (QED) is 0.876. The van der Waals surface area contributed by atoms with Crippen molar-refractivity contribution in [2.45, 2.75) is 27.3 Å². The summed E-state index contributed by atoms with van der Waals surface area (Å²) in [7, 11) is 0. The van der Waals surface area contributed by atoms with Crippen molar-refractivity contribution in [2.24, 2.45) is 0 Å². The monoisotopic (exact) mass is 285 g/mol. The normalized spacial score (nSPS) is 10.2. The second-order valence-electron chi connectivity index (χ2n) is 4.69. The fraction of sp³-hybridized carbons (Fsp3) is 0.333. The van der Waals surface area contributed by atoms with Gasteiger partial charge in [-0.05, 0) is 39.0 Å². The Morgan fingerprint density at radius 2 is 2.05 bits per heavy atom. The van der Waals surface area contributed by atoms with E-state index in [1.807, 2.05) is 20.8 Å². The molecule has 2 heterocycles. The van der Waals surface area contributed by atoms with E-state index in [2.05, 4.69) is 25.6 Å². The van der Waals surface area contributed by atoms with Gasteiger partial charge in [0.05, 0.1) is 12.2 Å². The summed E-state index contributed by atoms with van der Waals surface area (Å²) in [5.74, 6) is 1.26. The minimum atomic E-state index is -0.143. The van der Waals surface area contributed by atoms with Crippen LogP contribution in [0.5, 0.6) is 0 Å². The van der Waals surface area contributed by atoms with E-state index in [-0.39, 0.29) is 5.91 Å². The molecule has 2 aromatic rings. The Balaban J connectivity index is 2.06. The van der Waals surface area contributed by atoms with Gasteiger partial charge in [-0.2, -0.15) is 0 Å². The molecule has 2 N–H and O–H groups in total. The minimum Gasteiger partial charge on any atom is -0.370 e. The molecular formula is C15H19N5O. The van der Waals surface area contributed by atoms with E-state index >= 15 is 0 Å². The van der Waals surface area contributed by atoms with E-state index in [9.17, 15) is 4.79 Å². The Bertz CT molecular complexity index is 642. The number of amides is 1. The highest BCUT2D eigenvalue weighted by Crippen LogP contribution is 2.10. The van der Waals surface area contributed by atoms with E-state index in [4.69, 9.17) is 0 Å². The second kappa shape index (κ2) is 6.78. The first kappa shape index (κ1) is 14.9. The molecule has 0 aliphatic carbocycles. The van der Waals surface area contributed by atoms with Gasteiger partial charge in [0, 0.05) is 24.0 Å². The maximum atomic E-state index is 12.2. The summed E-state index contributed by atoms with van der Waals surface area (Å²) in [5.41, 5.74) is 2.18. The van der Waals surface area contributed by atoms with E-state index in [1.165, 1.54) is 0 Å². The molecule has 21 heavy (non-hydrogen) atoms. The van der Waals surface area contributed by atoms with Crippen molar-refractivity contribution < 1.29 is 4.79 Å². The van der Waals surface area contributed by atoms with Gasteiger partial charge in [-0.15, -0.1) is 0 Å². The van der Waals surface area contributed by atoms with Gasteiger partial charge in [0.15, 0.2) is 0 Å². The molecule has 110 valence electrons. The van der Waals surface area contributed by atoms with Crippen LogP contribution in [0.2, 0.25) is 0 Å². The molecule has 0 aromatic carbocycles. The number of aromatic nitrogens is 3. The van der Waals surface area contributed by atoms with Crippen molar-refractivity contribution in [1.82, 2.24) is 20.3 Å². The number of carbonyl (C=O) groups is 1. The molecule has 6 heteroatoms. The molecular weight excluding hydrogens is 266 g/mol. The van der Waals surface area contributed by atoms with Crippen molar-refractivity contribution in [3.05, 3.63) is 47.2 Å². The number of carbonyl (C=O) groups excluding carboxylic acids is 1. The molecule has 2 rings (SSSR count). The number of rotatable bonds is 5. The number of nitrogens with one attached hydrogen (secondary N) is 2. The van der Waals surface area contributed by atoms with Crippen LogP contribution < -0.4 is 10.6 Å². The molecule has 0 atom stereocenters. The van der Waals surface area contributed by atoms with Crippen molar-refractivity contribution in [1.29, 1.82) is 0 Å². The lowest BCUT2D eigenvalue weighted by molar-refractivity contribution is 0.0950. The molecule has 0 unspecified atom stereocenters. The van der Waals surface area contributed by atoms with Gasteiger partial charge < -0.3 is 10.6 Å². The number of hydrogen-bond acceptors (Lipinski definition) is 5. The fourth-order valence-corrected chi connectivity index (χ4v) is 1.95. The lowest BCUT2D eigenvalue weighted by Crippen LogP contribution is -2.24. The zero-order chi connectivity index (χ0) is 15.2. The Morgan fingerprint density at radius 3 is 2.76 bits per heavy atom. The summed E-state index contributed by atoms with van der Waals surface area (Å²) in [5, 5.41) is 5.97. The second-order valence-corrected chi connectivity index (χ2v) is 4.69. The van der Waals surface area contributed by atoms with Gasteiger partial charge in [-0.3, -0.25) is 4.79 Å². The van der Waals surface area contributed by atoms with E-state index < -0.39 is 0 Å². The summed E-state index contributed by atoms with van der Waals surface area (Å²) in [6.45, 7) is 6.81. The van der Waals surface area contributed by atoms with Crippen molar-refractivity contribution in [2.75, 3.05) is 11.9 Å². The largest absolute Gasteiger partial charge is 0.370 e. The van der Waals surface area contributed by atoms with Crippen LogP contribution in [0.15, 0.2) is 24.4 Å². The van der Waals surface area contributed by atoms with Crippen LogP contribution in [0.25, 0.3) is 0 Å². The Kier molecular flexibility index (Phi) is 4.81. The van der Waals surface area contributed by atoms with Crippen LogP contribution in [-0.4, -0.2) is 27.4 Å². The minimum absolute atomic E-state index is 0.143. The smallest absolute Gasteiger partial charge is 0.251 e. The number of anilines is 1. The molecule has 6 nitrogen and oxygen atoms in total. The summed E-state index contributed by atoms with van der Waals surface area (Å²) in [6.07, 6.45) is 1.68. The number of pyridine rings is 1. The van der Waals surface area contributed by atoms with Gasteiger partial charge in [0.2, 0.25) is 0 Å². The lowest BCUT2D eigenvalue weighted by Gasteiger charge is -2.08. The molecule has 0 spiro atoms. The average molecular weight is 285 g/mol.